The van der Waals surface area contributed by atoms with Crippen LogP contribution in [-0.4, -0.2) is 9.13 Å². The van der Waals surface area contributed by atoms with E-state index in [2.05, 4.69) is 103 Å². The average Bonchev–Trinajstić information content (AvgIpc) is 3.46. The summed E-state index contributed by atoms with van der Waals surface area (Å²) >= 11 is 0. The number of hydrogen-bond donors (Lipinski definition) is 1. The molecule has 2 aliphatic rings. The Morgan fingerprint density at radius 2 is 1.61 bits per heavy atom. The molecule has 5 aromatic rings. The van der Waals surface area contributed by atoms with Gasteiger partial charge in [0.25, 0.3) is 0 Å². The van der Waals surface area contributed by atoms with E-state index in [1.54, 1.807) is 0 Å². The Kier molecular flexibility index (Phi) is 4.05. The number of terminal acetylenes is 1. The summed E-state index contributed by atoms with van der Waals surface area (Å²) in [6.45, 7) is 12.5. The number of para-hydroxylation sites is 2. The molecule has 4 heterocycles. The van der Waals surface area contributed by atoms with E-state index in [1.807, 2.05) is 0 Å². The summed E-state index contributed by atoms with van der Waals surface area (Å²) < 4.78 is 5.33. The van der Waals surface area contributed by atoms with Gasteiger partial charge < -0.3 is 14.5 Å². The first-order valence-corrected chi connectivity index (χ1v) is 11.8. The molecule has 0 amide bonds. The molecule has 164 valence electrons. The van der Waals surface area contributed by atoms with Crippen molar-refractivity contribution < 1.29 is 0 Å². The smallest absolute Gasteiger partial charge is 0.0749 e. The van der Waals surface area contributed by atoms with Crippen molar-refractivity contribution in [1.82, 2.24) is 14.5 Å². The monoisotopic (exact) mass is 431 g/mol. The van der Waals surface area contributed by atoms with Crippen LogP contribution >= 0.6 is 0 Å². The first-order chi connectivity index (χ1) is 16.0. The highest BCUT2D eigenvalue weighted by Gasteiger charge is 2.38. The fourth-order valence-corrected chi connectivity index (χ4v) is 6.68. The van der Waals surface area contributed by atoms with Crippen molar-refractivity contribution in [2.75, 3.05) is 0 Å². The first-order valence-electron chi connectivity index (χ1n) is 11.8. The van der Waals surface area contributed by atoms with Crippen LogP contribution in [0.3, 0.4) is 0 Å². The van der Waals surface area contributed by atoms with Crippen molar-refractivity contribution in [2.24, 2.45) is 0 Å². The van der Waals surface area contributed by atoms with Gasteiger partial charge in [0.05, 0.1) is 11.0 Å². The molecule has 0 bridgehead atoms. The van der Waals surface area contributed by atoms with Gasteiger partial charge in [0, 0.05) is 62.0 Å². The van der Waals surface area contributed by atoms with Crippen molar-refractivity contribution in [1.29, 1.82) is 0 Å². The number of fused-ring (bicyclic) bond motifs is 9. The lowest BCUT2D eigenvalue weighted by Gasteiger charge is -2.31. The Labute approximate surface area is 194 Å². The zero-order valence-corrected chi connectivity index (χ0v) is 19.6. The van der Waals surface area contributed by atoms with Crippen LogP contribution < -0.4 is 5.32 Å². The normalized spacial score (nSPS) is 18.5. The van der Waals surface area contributed by atoms with Crippen LogP contribution in [0.5, 0.6) is 0 Å². The maximum Gasteiger partial charge on any atom is 0.0749 e. The van der Waals surface area contributed by atoms with Gasteiger partial charge in [0.1, 0.15) is 0 Å². The summed E-state index contributed by atoms with van der Waals surface area (Å²) in [5.74, 6) is 0. The van der Waals surface area contributed by atoms with E-state index < -0.39 is 0 Å². The lowest BCUT2D eigenvalue weighted by atomic mass is 9.93. The first kappa shape index (κ1) is 20.0. The van der Waals surface area contributed by atoms with E-state index >= 15 is 0 Å². The van der Waals surface area contributed by atoms with Gasteiger partial charge in [-0.25, -0.2) is 0 Å². The van der Waals surface area contributed by atoms with E-state index in [9.17, 15) is 0 Å². The minimum Gasteiger partial charge on any atom is -0.381 e. The summed E-state index contributed by atoms with van der Waals surface area (Å²) in [6, 6.07) is 18.4. The van der Waals surface area contributed by atoms with Gasteiger partial charge in [0.15, 0.2) is 0 Å². The van der Waals surface area contributed by atoms with E-state index in [0.717, 1.165) is 25.1 Å². The number of rotatable bonds is 1. The van der Waals surface area contributed by atoms with Crippen LogP contribution in [0.25, 0.3) is 49.3 Å². The number of nitrogens with zero attached hydrogens (tertiary/aromatic N) is 2. The second-order valence-corrected chi connectivity index (χ2v) is 9.95. The molecule has 0 saturated heterocycles. The molecule has 0 unspecified atom stereocenters. The minimum atomic E-state index is 0.0202. The molecular weight excluding hydrogens is 402 g/mol. The molecule has 2 aromatic heterocycles. The van der Waals surface area contributed by atoms with Gasteiger partial charge >= 0.3 is 0 Å². The Morgan fingerprint density at radius 3 is 2.30 bits per heavy atom. The largest absolute Gasteiger partial charge is 0.381 e. The molecule has 1 atom stereocenters. The number of nitrogens with one attached hydrogen (secondary N) is 1. The maximum atomic E-state index is 4.44. The molecular formula is C30H29N3. The second-order valence-electron chi connectivity index (χ2n) is 9.95. The number of aromatic nitrogens is 2. The average molecular weight is 432 g/mol. The molecule has 2 aliphatic heterocycles. The van der Waals surface area contributed by atoms with Gasteiger partial charge in [-0.2, -0.15) is 0 Å². The predicted molar refractivity (Wildman–Crippen MR) is 141 cm³/mol. The minimum absolute atomic E-state index is 0.0202. The third kappa shape index (κ3) is 2.31. The van der Waals surface area contributed by atoms with E-state index in [1.165, 1.54) is 54.7 Å². The molecule has 0 fully saturated rings. The molecule has 0 saturated carbocycles. The SMILES string of the molecule is C#C.C=C1NCc2c1c1c3ccccc3n3c1c1c2c2ccccc2n1C(C)(C)C[C@@H]3CC. The van der Waals surface area contributed by atoms with Gasteiger partial charge in [0.2, 0.25) is 0 Å². The summed E-state index contributed by atoms with van der Waals surface area (Å²) in [5.41, 5.74) is 9.33. The third-order valence-corrected chi connectivity index (χ3v) is 7.82. The van der Waals surface area contributed by atoms with Crippen LogP contribution in [0.1, 0.15) is 50.8 Å². The van der Waals surface area contributed by atoms with Crippen molar-refractivity contribution in [3.63, 3.8) is 0 Å². The van der Waals surface area contributed by atoms with E-state index in [-0.39, 0.29) is 5.54 Å². The summed E-state index contributed by atoms with van der Waals surface area (Å²) in [6.07, 6.45) is 10.2. The lowest BCUT2D eigenvalue weighted by molar-refractivity contribution is 0.286. The highest BCUT2D eigenvalue weighted by atomic mass is 15.1. The second kappa shape index (κ2) is 6.68. The zero-order chi connectivity index (χ0) is 23.1. The maximum absolute atomic E-state index is 4.44. The molecule has 3 heteroatoms. The van der Waals surface area contributed by atoms with Crippen LogP contribution in [-0.2, 0) is 12.1 Å². The molecule has 7 rings (SSSR count). The fourth-order valence-electron chi connectivity index (χ4n) is 6.68. The molecule has 33 heavy (non-hydrogen) atoms. The van der Waals surface area contributed by atoms with Gasteiger partial charge in [-0.3, -0.25) is 0 Å². The number of hydrogen-bond acceptors (Lipinski definition) is 1. The quantitative estimate of drug-likeness (QED) is 0.276. The molecule has 3 aromatic carbocycles. The topological polar surface area (TPSA) is 21.9 Å². The van der Waals surface area contributed by atoms with Crippen LogP contribution in [0.2, 0.25) is 0 Å². The predicted octanol–water partition coefficient (Wildman–Crippen LogP) is 7.32. The van der Waals surface area contributed by atoms with Gasteiger partial charge in [-0.1, -0.05) is 49.9 Å². The zero-order valence-electron chi connectivity index (χ0n) is 19.6. The Bertz CT molecular complexity index is 1640. The standard InChI is InChI=1S/C28H27N3.C2H2/c1-5-17-14-28(3,4)31-22-13-9-7-11-19(22)24-20-15-29-16(2)23(20)25-18-10-6-8-12-21(18)30(17)26(25)27(24)31;1-2/h6-13,17,29H,2,5,14-15H2,1,3-4H3;1-2H/t17-;/m0./s1. The molecule has 0 aliphatic carbocycles. The molecule has 0 spiro atoms. The molecule has 0 radical (unpaired) electrons. The molecule has 3 nitrogen and oxygen atoms in total. The van der Waals surface area contributed by atoms with Gasteiger partial charge in [-0.15, -0.1) is 12.8 Å². The van der Waals surface area contributed by atoms with Crippen molar-refractivity contribution in [3.05, 3.63) is 66.2 Å². The van der Waals surface area contributed by atoms with Crippen molar-refractivity contribution in [3.8, 4) is 12.8 Å². The fraction of sp³-hybridized carbons (Fsp3) is 0.267. The summed E-state index contributed by atoms with van der Waals surface area (Å²) in [7, 11) is 0. The summed E-state index contributed by atoms with van der Waals surface area (Å²) in [4.78, 5) is 0. The number of benzene rings is 3. The highest BCUT2D eigenvalue weighted by molar-refractivity contribution is 6.27. The Balaban J connectivity index is 0.00000101. The van der Waals surface area contributed by atoms with Crippen LogP contribution in [0.15, 0.2) is 55.1 Å². The third-order valence-electron chi connectivity index (χ3n) is 7.82. The lowest BCUT2D eigenvalue weighted by Crippen LogP contribution is -2.28. The van der Waals surface area contributed by atoms with Crippen LogP contribution in [0, 0.1) is 12.8 Å². The van der Waals surface area contributed by atoms with Crippen molar-refractivity contribution >= 4 is 49.3 Å². The Morgan fingerprint density at radius 1 is 0.970 bits per heavy atom. The van der Waals surface area contributed by atoms with Gasteiger partial charge in [-0.05, 0) is 44.4 Å². The highest BCUT2D eigenvalue weighted by Crippen LogP contribution is 2.52. The van der Waals surface area contributed by atoms with E-state index in [0.29, 0.717) is 6.04 Å². The van der Waals surface area contributed by atoms with Crippen molar-refractivity contribution in [2.45, 2.75) is 51.7 Å². The summed E-state index contributed by atoms with van der Waals surface area (Å²) in [5, 5.41) is 9.11. The molecule has 1 N–H and O–H groups in total. The Hall–Kier alpha value is -3.64. The van der Waals surface area contributed by atoms with Crippen LogP contribution in [0.4, 0.5) is 0 Å². The van der Waals surface area contributed by atoms with E-state index in [4.69, 9.17) is 0 Å².